The fraction of sp³-hybridized carbons (Fsp3) is 0.438. The molecule has 0 atom stereocenters. The van der Waals surface area contributed by atoms with E-state index in [2.05, 4.69) is 37.4 Å². The van der Waals surface area contributed by atoms with Gasteiger partial charge in [-0.15, -0.1) is 0 Å². The minimum atomic E-state index is 0.923. The Kier molecular flexibility index (Phi) is 5.56. The summed E-state index contributed by atoms with van der Waals surface area (Å²) < 4.78 is 5.39. The van der Waals surface area contributed by atoms with Gasteiger partial charge in [0.25, 0.3) is 0 Å². The molecule has 0 aliphatic carbocycles. The SMILES string of the molecule is CC.CSNc1ccc2c(c1)N(Cc1cncn1C)CC2. The largest absolute Gasteiger partial charge is 0.365 e. The Balaban J connectivity index is 0.000000774. The summed E-state index contributed by atoms with van der Waals surface area (Å²) in [4.78, 5) is 6.62. The number of fused-ring (bicyclic) bond motifs is 1. The molecule has 1 aliphatic rings. The Hall–Kier alpha value is -1.62. The lowest BCUT2D eigenvalue weighted by atomic mass is 10.1. The number of hydrogen-bond donors (Lipinski definition) is 1. The average molecular weight is 304 g/mol. The molecule has 0 saturated heterocycles. The van der Waals surface area contributed by atoms with Crippen LogP contribution >= 0.6 is 11.9 Å². The number of aromatic nitrogens is 2. The van der Waals surface area contributed by atoms with Crippen LogP contribution < -0.4 is 9.62 Å². The van der Waals surface area contributed by atoms with Crippen LogP contribution in [0.25, 0.3) is 0 Å². The second-order valence-electron chi connectivity index (χ2n) is 4.82. The third-order valence-electron chi connectivity index (χ3n) is 3.57. The summed E-state index contributed by atoms with van der Waals surface area (Å²) in [6.07, 6.45) is 6.98. The molecular weight excluding hydrogens is 280 g/mol. The van der Waals surface area contributed by atoms with Gasteiger partial charge in [-0.2, -0.15) is 0 Å². The van der Waals surface area contributed by atoms with E-state index in [1.807, 2.05) is 39.7 Å². The highest BCUT2D eigenvalue weighted by molar-refractivity contribution is 7.99. The van der Waals surface area contributed by atoms with Crippen LogP contribution in [0.5, 0.6) is 0 Å². The molecule has 4 nitrogen and oxygen atoms in total. The lowest BCUT2D eigenvalue weighted by Gasteiger charge is -2.20. The molecule has 1 aliphatic heterocycles. The third kappa shape index (κ3) is 3.53. The molecule has 0 spiro atoms. The highest BCUT2D eigenvalue weighted by atomic mass is 32.2. The van der Waals surface area contributed by atoms with Gasteiger partial charge in [0.15, 0.2) is 0 Å². The Bertz CT molecular complexity index is 579. The van der Waals surface area contributed by atoms with Gasteiger partial charge in [0.2, 0.25) is 0 Å². The van der Waals surface area contributed by atoms with Gasteiger partial charge in [-0.25, -0.2) is 4.98 Å². The summed E-state index contributed by atoms with van der Waals surface area (Å²) >= 11 is 1.63. The predicted molar refractivity (Wildman–Crippen MR) is 92.9 cm³/mol. The van der Waals surface area contributed by atoms with Crippen molar-refractivity contribution in [1.82, 2.24) is 9.55 Å². The van der Waals surface area contributed by atoms with E-state index in [-0.39, 0.29) is 0 Å². The van der Waals surface area contributed by atoms with Gasteiger partial charge in [-0.1, -0.05) is 31.9 Å². The van der Waals surface area contributed by atoms with Gasteiger partial charge < -0.3 is 14.2 Å². The topological polar surface area (TPSA) is 33.1 Å². The number of imidazole rings is 1. The van der Waals surface area contributed by atoms with Crippen LogP contribution in [0.4, 0.5) is 11.4 Å². The van der Waals surface area contributed by atoms with Gasteiger partial charge in [-0.05, 0) is 24.1 Å². The Morgan fingerprint density at radius 1 is 1.33 bits per heavy atom. The lowest BCUT2D eigenvalue weighted by molar-refractivity contribution is 0.758. The van der Waals surface area contributed by atoms with Crippen molar-refractivity contribution in [2.45, 2.75) is 26.8 Å². The summed E-state index contributed by atoms with van der Waals surface area (Å²) in [5.41, 5.74) is 5.20. The van der Waals surface area contributed by atoms with Gasteiger partial charge in [0.1, 0.15) is 0 Å². The minimum absolute atomic E-state index is 0.923. The van der Waals surface area contributed by atoms with Crippen LogP contribution in [0.2, 0.25) is 0 Å². The van der Waals surface area contributed by atoms with Gasteiger partial charge >= 0.3 is 0 Å². The zero-order valence-corrected chi connectivity index (χ0v) is 14.1. The molecule has 0 amide bonds. The van der Waals surface area contributed by atoms with Crippen LogP contribution in [0.3, 0.4) is 0 Å². The number of rotatable bonds is 4. The Morgan fingerprint density at radius 2 is 2.14 bits per heavy atom. The van der Waals surface area contributed by atoms with E-state index >= 15 is 0 Å². The second-order valence-corrected chi connectivity index (χ2v) is 5.43. The van der Waals surface area contributed by atoms with Crippen molar-refractivity contribution in [2.24, 2.45) is 7.05 Å². The Labute approximate surface area is 131 Å². The highest BCUT2D eigenvalue weighted by Gasteiger charge is 2.20. The molecule has 2 heterocycles. The first-order chi connectivity index (χ1) is 10.3. The molecular formula is C16H24N4S. The smallest absolute Gasteiger partial charge is 0.0946 e. The molecule has 1 N–H and O–H groups in total. The fourth-order valence-corrected chi connectivity index (χ4v) is 2.89. The first-order valence-electron chi connectivity index (χ1n) is 7.40. The number of anilines is 2. The van der Waals surface area contributed by atoms with Crippen LogP contribution in [0.15, 0.2) is 30.7 Å². The minimum Gasteiger partial charge on any atom is -0.365 e. The first-order valence-corrected chi connectivity index (χ1v) is 8.62. The standard InChI is InChI=1S/C14H18N4S.C2H6/c1-17-10-15-8-13(17)9-18-6-5-11-3-4-12(16-19-2)7-14(11)18;1-2/h3-4,7-8,10,16H,5-6,9H2,1-2H3;1-2H3. The molecule has 114 valence electrons. The van der Waals surface area contributed by atoms with Gasteiger partial charge in [0, 0.05) is 37.4 Å². The molecule has 1 aromatic carbocycles. The molecule has 2 aromatic rings. The van der Waals surface area contributed by atoms with E-state index in [4.69, 9.17) is 0 Å². The maximum atomic E-state index is 4.19. The van der Waals surface area contributed by atoms with E-state index in [1.165, 1.54) is 22.6 Å². The van der Waals surface area contributed by atoms with E-state index in [0.29, 0.717) is 0 Å². The lowest BCUT2D eigenvalue weighted by Crippen LogP contribution is -2.21. The zero-order chi connectivity index (χ0) is 15.2. The number of nitrogens with zero attached hydrogens (tertiary/aromatic N) is 3. The number of nitrogens with one attached hydrogen (secondary N) is 1. The average Bonchev–Trinajstić information content (AvgIpc) is 3.09. The quantitative estimate of drug-likeness (QED) is 0.873. The van der Waals surface area contributed by atoms with Crippen LogP contribution in [-0.4, -0.2) is 22.4 Å². The van der Waals surface area contributed by atoms with Crippen molar-refractivity contribution in [3.63, 3.8) is 0 Å². The van der Waals surface area contributed by atoms with Gasteiger partial charge in [0.05, 0.1) is 18.6 Å². The van der Waals surface area contributed by atoms with Crippen LogP contribution in [0, 0.1) is 0 Å². The number of benzene rings is 1. The second kappa shape index (κ2) is 7.41. The van der Waals surface area contributed by atoms with E-state index in [9.17, 15) is 0 Å². The molecule has 21 heavy (non-hydrogen) atoms. The molecule has 0 saturated carbocycles. The maximum absolute atomic E-state index is 4.19. The summed E-state index contributed by atoms with van der Waals surface area (Å²) in [5, 5.41) is 0. The zero-order valence-electron chi connectivity index (χ0n) is 13.3. The number of aryl methyl sites for hydroxylation is 1. The van der Waals surface area contributed by atoms with Crippen molar-refractivity contribution in [3.05, 3.63) is 42.0 Å². The fourth-order valence-electron chi connectivity index (χ4n) is 2.52. The normalized spacial score (nSPS) is 12.7. The van der Waals surface area contributed by atoms with Gasteiger partial charge in [-0.3, -0.25) is 0 Å². The summed E-state index contributed by atoms with van der Waals surface area (Å²) in [5.74, 6) is 0. The maximum Gasteiger partial charge on any atom is 0.0946 e. The predicted octanol–water partition coefficient (Wildman–Crippen LogP) is 3.70. The summed E-state index contributed by atoms with van der Waals surface area (Å²) in [7, 11) is 2.05. The van der Waals surface area contributed by atoms with Crippen molar-refractivity contribution in [1.29, 1.82) is 0 Å². The van der Waals surface area contributed by atoms with Crippen molar-refractivity contribution >= 4 is 23.3 Å². The van der Waals surface area contributed by atoms with Crippen LogP contribution in [0.1, 0.15) is 25.1 Å². The summed E-state index contributed by atoms with van der Waals surface area (Å²) in [6, 6.07) is 6.63. The molecule has 0 unspecified atom stereocenters. The monoisotopic (exact) mass is 304 g/mol. The molecule has 1 aromatic heterocycles. The molecule has 0 radical (unpaired) electrons. The Morgan fingerprint density at radius 3 is 2.81 bits per heavy atom. The van der Waals surface area contributed by atoms with Crippen molar-refractivity contribution in [2.75, 3.05) is 22.4 Å². The van der Waals surface area contributed by atoms with E-state index < -0.39 is 0 Å². The van der Waals surface area contributed by atoms with E-state index in [1.54, 1.807) is 11.9 Å². The third-order valence-corrected chi connectivity index (χ3v) is 4.01. The number of hydrogen-bond acceptors (Lipinski definition) is 4. The van der Waals surface area contributed by atoms with Crippen molar-refractivity contribution < 1.29 is 0 Å². The van der Waals surface area contributed by atoms with Crippen LogP contribution in [-0.2, 0) is 20.0 Å². The first kappa shape index (κ1) is 15.8. The highest BCUT2D eigenvalue weighted by Crippen LogP contribution is 2.32. The molecule has 0 bridgehead atoms. The van der Waals surface area contributed by atoms with Crippen molar-refractivity contribution in [3.8, 4) is 0 Å². The molecule has 5 heteroatoms. The molecule has 3 rings (SSSR count). The summed E-state index contributed by atoms with van der Waals surface area (Å²) in [6.45, 7) is 6.01. The molecule has 0 fully saturated rings. The van der Waals surface area contributed by atoms with E-state index in [0.717, 1.165) is 19.5 Å².